The smallest absolute Gasteiger partial charge is 0.191 e. The second-order valence-electron chi connectivity index (χ2n) is 3.96. The van der Waals surface area contributed by atoms with E-state index < -0.39 is 11.6 Å². The van der Waals surface area contributed by atoms with Gasteiger partial charge in [-0.2, -0.15) is 0 Å². The fourth-order valence-electron chi connectivity index (χ4n) is 2.31. The molecular formula is C10H14O3. The molecule has 0 aromatic heterocycles. The summed E-state index contributed by atoms with van der Waals surface area (Å²) in [4.78, 5) is 0. The first-order valence-corrected chi connectivity index (χ1v) is 5.01. The van der Waals surface area contributed by atoms with Crippen LogP contribution >= 0.6 is 0 Å². The lowest BCUT2D eigenvalue weighted by molar-refractivity contribution is -0.279. The molecule has 3 heterocycles. The number of hydrogen-bond donors (Lipinski definition) is 0. The van der Waals surface area contributed by atoms with E-state index in [2.05, 4.69) is 0 Å². The summed E-state index contributed by atoms with van der Waals surface area (Å²) in [6, 6.07) is 0. The molecule has 0 amide bonds. The standard InChI is InChI=1S/C10H14O3/c1-3-9(11-7-1)5-6-10(13-9)4-2-8-12-10/h5-6H,1-4,7-8H2/t9-,10-/m1/s1. The third-order valence-corrected chi connectivity index (χ3v) is 2.97. The Kier molecular flexibility index (Phi) is 1.57. The molecule has 3 heteroatoms. The third-order valence-electron chi connectivity index (χ3n) is 2.97. The highest BCUT2D eigenvalue weighted by Gasteiger charge is 2.49. The Hall–Kier alpha value is -0.380. The Labute approximate surface area is 77.7 Å². The van der Waals surface area contributed by atoms with Crippen molar-refractivity contribution < 1.29 is 14.2 Å². The SMILES string of the molecule is C1=C[C@@]2(CCCO2)O[C@]12CCCO2. The molecule has 3 aliphatic rings. The van der Waals surface area contributed by atoms with E-state index in [1.807, 2.05) is 12.2 Å². The van der Waals surface area contributed by atoms with Gasteiger partial charge in [-0.3, -0.25) is 0 Å². The van der Waals surface area contributed by atoms with Crippen LogP contribution in [0.4, 0.5) is 0 Å². The van der Waals surface area contributed by atoms with E-state index in [1.54, 1.807) is 0 Å². The van der Waals surface area contributed by atoms with E-state index in [-0.39, 0.29) is 0 Å². The van der Waals surface area contributed by atoms with Gasteiger partial charge in [0.2, 0.25) is 0 Å². The Bertz CT molecular complexity index is 211. The van der Waals surface area contributed by atoms with Gasteiger partial charge in [-0.05, 0) is 25.0 Å². The molecular weight excluding hydrogens is 168 g/mol. The second-order valence-corrected chi connectivity index (χ2v) is 3.96. The van der Waals surface area contributed by atoms with E-state index in [9.17, 15) is 0 Å². The van der Waals surface area contributed by atoms with Gasteiger partial charge < -0.3 is 14.2 Å². The van der Waals surface area contributed by atoms with Crippen LogP contribution in [0.5, 0.6) is 0 Å². The van der Waals surface area contributed by atoms with Gasteiger partial charge in [-0.25, -0.2) is 0 Å². The van der Waals surface area contributed by atoms with E-state index in [0.29, 0.717) is 0 Å². The molecule has 72 valence electrons. The molecule has 2 fully saturated rings. The van der Waals surface area contributed by atoms with Crippen molar-refractivity contribution in [3.8, 4) is 0 Å². The Morgan fingerprint density at radius 1 is 0.846 bits per heavy atom. The summed E-state index contributed by atoms with van der Waals surface area (Å²) in [5.41, 5.74) is 0. The van der Waals surface area contributed by atoms with E-state index >= 15 is 0 Å². The van der Waals surface area contributed by atoms with Crippen LogP contribution in [0.2, 0.25) is 0 Å². The lowest BCUT2D eigenvalue weighted by Crippen LogP contribution is -2.35. The lowest BCUT2D eigenvalue weighted by Gasteiger charge is -2.28. The van der Waals surface area contributed by atoms with Gasteiger partial charge in [0.15, 0.2) is 11.6 Å². The van der Waals surface area contributed by atoms with Gasteiger partial charge in [-0.1, -0.05) is 0 Å². The predicted octanol–water partition coefficient (Wildman–Crippen LogP) is 1.59. The van der Waals surface area contributed by atoms with Crippen LogP contribution < -0.4 is 0 Å². The second kappa shape index (κ2) is 2.56. The summed E-state index contributed by atoms with van der Waals surface area (Å²) < 4.78 is 17.1. The Morgan fingerprint density at radius 3 is 1.77 bits per heavy atom. The highest BCUT2D eigenvalue weighted by atomic mass is 16.8. The minimum atomic E-state index is -0.440. The van der Waals surface area contributed by atoms with Crippen LogP contribution in [0.1, 0.15) is 25.7 Å². The molecule has 0 radical (unpaired) electrons. The Morgan fingerprint density at radius 2 is 1.38 bits per heavy atom. The number of rotatable bonds is 0. The van der Waals surface area contributed by atoms with E-state index in [1.165, 1.54) is 0 Å². The number of ether oxygens (including phenoxy) is 3. The molecule has 0 bridgehead atoms. The van der Waals surface area contributed by atoms with Gasteiger partial charge >= 0.3 is 0 Å². The minimum absolute atomic E-state index is 0.440. The molecule has 0 aromatic rings. The van der Waals surface area contributed by atoms with Gasteiger partial charge in [-0.15, -0.1) is 0 Å². The highest BCUT2D eigenvalue weighted by Crippen LogP contribution is 2.43. The van der Waals surface area contributed by atoms with Crippen molar-refractivity contribution in [3.05, 3.63) is 12.2 Å². The zero-order valence-electron chi connectivity index (χ0n) is 7.62. The van der Waals surface area contributed by atoms with Crippen molar-refractivity contribution in [2.75, 3.05) is 13.2 Å². The first-order valence-electron chi connectivity index (χ1n) is 5.01. The molecule has 3 aliphatic heterocycles. The highest BCUT2D eigenvalue weighted by molar-refractivity contribution is 5.13. The largest absolute Gasteiger partial charge is 0.346 e. The molecule has 3 nitrogen and oxygen atoms in total. The van der Waals surface area contributed by atoms with Crippen LogP contribution in [0.25, 0.3) is 0 Å². The zero-order chi connectivity index (χ0) is 8.78. The molecule has 13 heavy (non-hydrogen) atoms. The maximum absolute atomic E-state index is 5.90. The van der Waals surface area contributed by atoms with Crippen molar-refractivity contribution in [1.29, 1.82) is 0 Å². The molecule has 2 spiro atoms. The van der Waals surface area contributed by atoms with Gasteiger partial charge in [0.05, 0.1) is 13.2 Å². The average Bonchev–Trinajstić information content (AvgIpc) is 2.81. The summed E-state index contributed by atoms with van der Waals surface area (Å²) in [5.74, 6) is -0.880. The van der Waals surface area contributed by atoms with Crippen LogP contribution in [0.3, 0.4) is 0 Å². The number of hydrogen-bond acceptors (Lipinski definition) is 3. The van der Waals surface area contributed by atoms with Crippen LogP contribution in [0.15, 0.2) is 12.2 Å². The fraction of sp³-hybridized carbons (Fsp3) is 0.800. The average molecular weight is 182 g/mol. The minimum Gasteiger partial charge on any atom is -0.346 e. The van der Waals surface area contributed by atoms with Crippen molar-refractivity contribution in [2.45, 2.75) is 37.3 Å². The van der Waals surface area contributed by atoms with Crippen molar-refractivity contribution in [2.24, 2.45) is 0 Å². The van der Waals surface area contributed by atoms with Gasteiger partial charge in [0, 0.05) is 12.8 Å². The van der Waals surface area contributed by atoms with Gasteiger partial charge in [0.25, 0.3) is 0 Å². The maximum Gasteiger partial charge on any atom is 0.191 e. The molecule has 2 atom stereocenters. The predicted molar refractivity (Wildman–Crippen MR) is 46.1 cm³/mol. The van der Waals surface area contributed by atoms with Crippen LogP contribution in [0, 0.1) is 0 Å². The molecule has 0 saturated carbocycles. The molecule has 0 unspecified atom stereocenters. The molecule has 0 N–H and O–H groups in total. The topological polar surface area (TPSA) is 27.7 Å². The van der Waals surface area contributed by atoms with Crippen molar-refractivity contribution >= 4 is 0 Å². The fourth-order valence-corrected chi connectivity index (χ4v) is 2.31. The maximum atomic E-state index is 5.90. The Balaban J connectivity index is 1.81. The summed E-state index contributed by atoms with van der Waals surface area (Å²) in [6.45, 7) is 1.61. The summed E-state index contributed by atoms with van der Waals surface area (Å²) in [7, 11) is 0. The zero-order valence-corrected chi connectivity index (χ0v) is 7.62. The van der Waals surface area contributed by atoms with Gasteiger partial charge in [0.1, 0.15) is 0 Å². The third kappa shape index (κ3) is 1.15. The monoisotopic (exact) mass is 182 g/mol. The van der Waals surface area contributed by atoms with E-state index in [0.717, 1.165) is 38.9 Å². The summed E-state index contributed by atoms with van der Waals surface area (Å²) in [5, 5.41) is 0. The first-order chi connectivity index (χ1) is 6.33. The lowest BCUT2D eigenvalue weighted by atomic mass is 10.2. The van der Waals surface area contributed by atoms with Crippen LogP contribution in [-0.2, 0) is 14.2 Å². The quantitative estimate of drug-likeness (QED) is 0.532. The summed E-state index contributed by atoms with van der Waals surface area (Å²) >= 11 is 0. The molecule has 2 saturated heterocycles. The first kappa shape index (κ1) is 7.97. The molecule has 0 aromatic carbocycles. The van der Waals surface area contributed by atoms with E-state index in [4.69, 9.17) is 14.2 Å². The van der Waals surface area contributed by atoms with Crippen molar-refractivity contribution in [3.63, 3.8) is 0 Å². The van der Waals surface area contributed by atoms with Crippen molar-refractivity contribution in [1.82, 2.24) is 0 Å². The van der Waals surface area contributed by atoms with Crippen LogP contribution in [-0.4, -0.2) is 24.8 Å². The normalized spacial score (nSPS) is 48.6. The summed E-state index contributed by atoms with van der Waals surface area (Å²) in [6.07, 6.45) is 8.17. The molecule has 3 rings (SSSR count). The molecule has 0 aliphatic carbocycles.